The molecule has 0 fully saturated rings. The van der Waals surface area contributed by atoms with E-state index in [1.54, 1.807) is 55.5 Å². The molecule has 1 amide bonds. The van der Waals surface area contributed by atoms with Crippen LogP contribution in [0, 0.1) is 5.82 Å². The molecule has 0 aliphatic heterocycles. The Morgan fingerprint density at radius 2 is 1.70 bits per heavy atom. The number of amides is 1. The maximum atomic E-state index is 14.6. The van der Waals surface area contributed by atoms with E-state index in [4.69, 9.17) is 30.5 Å². The first-order valence-corrected chi connectivity index (χ1v) is 14.3. The number of nitrogens with one attached hydrogen (secondary N) is 2. The molecule has 0 saturated carbocycles. The maximum absolute atomic E-state index is 14.6. The van der Waals surface area contributed by atoms with Gasteiger partial charge < -0.3 is 23.9 Å². The Morgan fingerprint density at radius 3 is 2.43 bits per heavy atom. The van der Waals surface area contributed by atoms with Gasteiger partial charge in [-0.3, -0.25) is 9.59 Å². The van der Waals surface area contributed by atoms with Gasteiger partial charge >= 0.3 is 11.9 Å². The second kappa shape index (κ2) is 14.0. The van der Waals surface area contributed by atoms with Gasteiger partial charge in [-0.25, -0.2) is 14.6 Å². The van der Waals surface area contributed by atoms with Gasteiger partial charge in [0, 0.05) is 28.5 Å². The van der Waals surface area contributed by atoms with Crippen molar-refractivity contribution >= 4 is 46.6 Å². The zero-order valence-electron chi connectivity index (χ0n) is 24.9. The lowest BCUT2D eigenvalue weighted by Gasteiger charge is -2.13. The van der Waals surface area contributed by atoms with E-state index >= 15 is 0 Å². The van der Waals surface area contributed by atoms with Crippen LogP contribution in [0.1, 0.15) is 40.3 Å². The van der Waals surface area contributed by atoms with Crippen LogP contribution in [0.25, 0.3) is 22.0 Å². The van der Waals surface area contributed by atoms with Crippen molar-refractivity contribution in [3.05, 3.63) is 107 Å². The Bertz CT molecular complexity index is 1990. The Labute approximate surface area is 267 Å². The van der Waals surface area contributed by atoms with Crippen LogP contribution < -0.4 is 24.4 Å². The van der Waals surface area contributed by atoms with E-state index in [1.165, 1.54) is 50.6 Å². The zero-order chi connectivity index (χ0) is 32.8. The fraction of sp³-hybridized carbons (Fsp3) is 0.118. The van der Waals surface area contributed by atoms with Crippen molar-refractivity contribution in [3.63, 3.8) is 0 Å². The van der Waals surface area contributed by atoms with Gasteiger partial charge in [0.25, 0.3) is 5.91 Å². The molecule has 0 aliphatic carbocycles. The van der Waals surface area contributed by atoms with Crippen molar-refractivity contribution in [1.82, 2.24) is 10.4 Å². The maximum Gasteiger partial charge on any atom is 0.343 e. The summed E-state index contributed by atoms with van der Waals surface area (Å²) >= 11 is 6.44. The second-order valence-corrected chi connectivity index (χ2v) is 10.1. The summed E-state index contributed by atoms with van der Waals surface area (Å²) in [5.74, 6) is -1.64. The summed E-state index contributed by atoms with van der Waals surface area (Å²) in [6, 6.07) is 20.5. The van der Waals surface area contributed by atoms with E-state index in [0.717, 1.165) is 0 Å². The number of carbonyl (C=O) groups is 3. The Morgan fingerprint density at radius 1 is 0.935 bits per heavy atom. The molecule has 1 heterocycles. The summed E-state index contributed by atoms with van der Waals surface area (Å²) in [4.78, 5) is 40.4. The number of para-hydroxylation sites is 1. The lowest BCUT2D eigenvalue weighted by atomic mass is 10.0. The highest BCUT2D eigenvalue weighted by Gasteiger charge is 2.22. The van der Waals surface area contributed by atoms with Crippen LogP contribution in [0.4, 0.5) is 4.39 Å². The third-order valence-corrected chi connectivity index (χ3v) is 6.99. The normalized spacial score (nSPS) is 11.0. The summed E-state index contributed by atoms with van der Waals surface area (Å²) in [7, 11) is 1.38. The van der Waals surface area contributed by atoms with Crippen molar-refractivity contribution in [1.29, 1.82) is 0 Å². The highest BCUT2D eigenvalue weighted by atomic mass is 35.5. The number of aromatic amines is 1. The van der Waals surface area contributed by atoms with Gasteiger partial charge in [-0.05, 0) is 61.0 Å². The standard InChI is InChI=1S/C34H27ClFN3O7/c1-4-44-29-16-20(12-14-27(29)46-34(42)21-13-15-26(45-19(2)40)28(17-21)43-3)18-37-39-33(41)32-30(22-8-5-6-10-24(22)35)23-9-7-11-25(36)31(23)38-32/h5-18,38H,4H2,1-3H3,(H,39,41). The van der Waals surface area contributed by atoms with Crippen LogP contribution >= 0.6 is 11.6 Å². The molecule has 0 unspecified atom stereocenters. The van der Waals surface area contributed by atoms with Crippen molar-refractivity contribution in [2.75, 3.05) is 13.7 Å². The van der Waals surface area contributed by atoms with Crippen molar-refractivity contribution in [2.24, 2.45) is 5.10 Å². The SMILES string of the molecule is CCOc1cc(C=NNC(=O)c2[nH]c3c(F)cccc3c2-c2ccccc2Cl)ccc1OC(=O)c1ccc(OC(C)=O)c(OC)c1. The highest BCUT2D eigenvalue weighted by molar-refractivity contribution is 6.34. The number of esters is 2. The smallest absolute Gasteiger partial charge is 0.343 e. The average molecular weight is 644 g/mol. The fourth-order valence-electron chi connectivity index (χ4n) is 4.67. The number of hydrogen-bond acceptors (Lipinski definition) is 8. The number of fused-ring (bicyclic) bond motifs is 1. The van der Waals surface area contributed by atoms with Gasteiger partial charge in [0.15, 0.2) is 23.0 Å². The fourth-order valence-corrected chi connectivity index (χ4v) is 4.90. The summed E-state index contributed by atoms with van der Waals surface area (Å²) in [5, 5.41) is 4.96. The molecule has 5 rings (SSSR count). The topological polar surface area (TPSA) is 128 Å². The van der Waals surface area contributed by atoms with E-state index in [2.05, 4.69) is 15.5 Å². The molecule has 4 aromatic carbocycles. The van der Waals surface area contributed by atoms with Gasteiger partial charge in [-0.2, -0.15) is 5.10 Å². The van der Waals surface area contributed by atoms with Crippen LogP contribution in [-0.4, -0.2) is 42.8 Å². The number of H-pyrrole nitrogens is 1. The Kier molecular flexibility index (Phi) is 9.63. The first kappa shape index (κ1) is 31.7. The van der Waals surface area contributed by atoms with Crippen LogP contribution in [0.3, 0.4) is 0 Å². The molecule has 0 saturated heterocycles. The molecule has 0 spiro atoms. The van der Waals surface area contributed by atoms with Crippen molar-refractivity contribution in [3.8, 4) is 34.1 Å². The Balaban J connectivity index is 1.35. The number of halogens is 2. The van der Waals surface area contributed by atoms with E-state index in [-0.39, 0.29) is 46.4 Å². The molecular weight excluding hydrogens is 617 g/mol. The zero-order valence-corrected chi connectivity index (χ0v) is 25.6. The van der Waals surface area contributed by atoms with E-state index < -0.39 is 23.7 Å². The molecule has 5 aromatic rings. The molecule has 0 aliphatic rings. The lowest BCUT2D eigenvalue weighted by molar-refractivity contribution is -0.132. The van der Waals surface area contributed by atoms with E-state index in [1.807, 2.05) is 0 Å². The number of carbonyl (C=O) groups excluding carboxylic acids is 3. The lowest BCUT2D eigenvalue weighted by Crippen LogP contribution is -2.19. The molecule has 2 N–H and O–H groups in total. The van der Waals surface area contributed by atoms with Crippen molar-refractivity contribution < 1.29 is 37.7 Å². The third-order valence-electron chi connectivity index (χ3n) is 6.66. The summed E-state index contributed by atoms with van der Waals surface area (Å²) in [6.45, 7) is 3.29. The number of hydrazone groups is 1. The molecule has 234 valence electrons. The number of benzene rings is 4. The van der Waals surface area contributed by atoms with Gasteiger partial charge in [0.1, 0.15) is 11.5 Å². The summed E-state index contributed by atoms with van der Waals surface area (Å²) in [6.07, 6.45) is 1.38. The highest BCUT2D eigenvalue weighted by Crippen LogP contribution is 2.37. The van der Waals surface area contributed by atoms with E-state index in [9.17, 15) is 18.8 Å². The van der Waals surface area contributed by atoms with Crippen LogP contribution in [0.5, 0.6) is 23.0 Å². The molecule has 0 bridgehead atoms. The summed E-state index contributed by atoms with van der Waals surface area (Å²) < 4.78 is 36.2. The molecule has 46 heavy (non-hydrogen) atoms. The number of hydrogen-bond donors (Lipinski definition) is 2. The minimum absolute atomic E-state index is 0.0835. The molecule has 10 nitrogen and oxygen atoms in total. The second-order valence-electron chi connectivity index (χ2n) is 9.70. The minimum Gasteiger partial charge on any atom is -0.493 e. The van der Waals surface area contributed by atoms with Gasteiger partial charge in [0.05, 0.1) is 31.0 Å². The largest absolute Gasteiger partial charge is 0.493 e. The number of methoxy groups -OCH3 is 1. The monoisotopic (exact) mass is 643 g/mol. The predicted octanol–water partition coefficient (Wildman–Crippen LogP) is 6.94. The first-order chi connectivity index (χ1) is 22.2. The van der Waals surface area contributed by atoms with E-state index in [0.29, 0.717) is 27.1 Å². The molecule has 1 aromatic heterocycles. The molecule has 0 atom stereocenters. The quantitative estimate of drug-likeness (QED) is 0.0730. The molecule has 0 radical (unpaired) electrons. The molecule has 12 heteroatoms. The third kappa shape index (κ3) is 6.84. The van der Waals surface area contributed by atoms with Crippen LogP contribution in [0.2, 0.25) is 5.02 Å². The number of rotatable bonds is 10. The van der Waals surface area contributed by atoms with Gasteiger partial charge in [0.2, 0.25) is 0 Å². The van der Waals surface area contributed by atoms with Crippen LogP contribution in [-0.2, 0) is 4.79 Å². The summed E-state index contributed by atoms with van der Waals surface area (Å²) in [5.41, 5.74) is 4.38. The van der Waals surface area contributed by atoms with Crippen molar-refractivity contribution in [2.45, 2.75) is 13.8 Å². The molecular formula is C34H27ClFN3O7. The first-order valence-electron chi connectivity index (χ1n) is 13.9. The number of aromatic nitrogens is 1. The van der Waals surface area contributed by atoms with Crippen LogP contribution in [0.15, 0.2) is 84.0 Å². The predicted molar refractivity (Wildman–Crippen MR) is 171 cm³/mol. The Hall–Kier alpha value is -5.68. The number of nitrogens with zero attached hydrogens (tertiary/aromatic N) is 1. The van der Waals surface area contributed by atoms with Gasteiger partial charge in [-0.1, -0.05) is 41.9 Å². The average Bonchev–Trinajstić information content (AvgIpc) is 3.43. The minimum atomic E-state index is -0.702. The van der Waals surface area contributed by atoms with Gasteiger partial charge in [-0.15, -0.1) is 0 Å². The number of ether oxygens (including phenoxy) is 4.